The lowest BCUT2D eigenvalue weighted by molar-refractivity contribution is 0.530. The molecule has 0 bridgehead atoms. The van der Waals surface area contributed by atoms with Crippen molar-refractivity contribution in [2.24, 2.45) is 0 Å². The van der Waals surface area contributed by atoms with E-state index < -0.39 is 0 Å². The summed E-state index contributed by atoms with van der Waals surface area (Å²) in [6.07, 6.45) is 1.71. The minimum Gasteiger partial charge on any atom is -0.440 e. The molecule has 0 atom stereocenters. The van der Waals surface area contributed by atoms with Crippen LogP contribution in [-0.2, 0) is 11.5 Å². The summed E-state index contributed by atoms with van der Waals surface area (Å²) in [5.74, 6) is 3.95. The van der Waals surface area contributed by atoms with E-state index in [2.05, 4.69) is 19.9 Å². The van der Waals surface area contributed by atoms with Crippen LogP contribution in [0.3, 0.4) is 0 Å². The number of nitrogens with zero attached hydrogens (tertiary/aromatic N) is 5. The van der Waals surface area contributed by atoms with Crippen LogP contribution >= 0.6 is 23.4 Å². The van der Waals surface area contributed by atoms with Crippen LogP contribution < -0.4 is 10.6 Å². The highest BCUT2D eigenvalue weighted by atomic mass is 35.5. The molecule has 2 aromatic heterocycles. The van der Waals surface area contributed by atoms with Gasteiger partial charge in [0.2, 0.25) is 17.8 Å². The molecule has 0 spiro atoms. The van der Waals surface area contributed by atoms with Crippen LogP contribution in [0, 0.1) is 0 Å². The molecule has 2 heterocycles. The lowest BCUT2D eigenvalue weighted by atomic mass is 10.2. The first-order chi connectivity index (χ1) is 12.0. The minimum absolute atomic E-state index is 0.218. The molecule has 0 amide bonds. The molecule has 25 heavy (non-hydrogen) atoms. The largest absolute Gasteiger partial charge is 0.440 e. The molecule has 1 aromatic carbocycles. The topological polar surface area (TPSA) is 94.0 Å². The normalized spacial score (nSPS) is 10.8. The molecule has 3 rings (SSSR count). The fourth-order valence-corrected chi connectivity index (χ4v) is 2.89. The van der Waals surface area contributed by atoms with E-state index in [0.717, 1.165) is 5.56 Å². The van der Waals surface area contributed by atoms with Crippen molar-refractivity contribution in [2.45, 2.75) is 11.5 Å². The van der Waals surface area contributed by atoms with E-state index >= 15 is 0 Å². The summed E-state index contributed by atoms with van der Waals surface area (Å²) in [5.41, 5.74) is 6.66. The molecule has 2 N–H and O–H groups in total. The van der Waals surface area contributed by atoms with Crippen LogP contribution in [0.15, 0.2) is 34.9 Å². The highest BCUT2D eigenvalue weighted by Gasteiger charge is 2.09. The molecule has 0 aliphatic rings. The summed E-state index contributed by atoms with van der Waals surface area (Å²) in [6, 6.07) is 7.44. The second-order valence-corrected chi connectivity index (χ2v) is 6.84. The summed E-state index contributed by atoms with van der Waals surface area (Å²) in [4.78, 5) is 18.7. The van der Waals surface area contributed by atoms with Crippen molar-refractivity contribution in [1.82, 2.24) is 19.9 Å². The molecule has 3 aromatic rings. The lowest BCUT2D eigenvalue weighted by Gasteiger charge is -2.11. The van der Waals surface area contributed by atoms with Gasteiger partial charge < -0.3 is 15.1 Å². The molecular weight excluding hydrogens is 360 g/mol. The van der Waals surface area contributed by atoms with Crippen LogP contribution in [0.2, 0.25) is 5.02 Å². The molecule has 0 aliphatic carbocycles. The van der Waals surface area contributed by atoms with E-state index in [9.17, 15) is 0 Å². The van der Waals surface area contributed by atoms with Crippen molar-refractivity contribution < 1.29 is 4.42 Å². The number of nitrogen functional groups attached to an aromatic ring is 1. The van der Waals surface area contributed by atoms with Crippen LogP contribution in [0.1, 0.15) is 11.7 Å². The molecule has 130 valence electrons. The van der Waals surface area contributed by atoms with Crippen LogP contribution in [0.5, 0.6) is 0 Å². The van der Waals surface area contributed by atoms with Gasteiger partial charge in [0, 0.05) is 24.7 Å². The van der Waals surface area contributed by atoms with Gasteiger partial charge in [0.25, 0.3) is 0 Å². The Hall–Kier alpha value is -2.32. The average molecular weight is 377 g/mol. The van der Waals surface area contributed by atoms with Gasteiger partial charge in [-0.05, 0) is 24.3 Å². The Kier molecular flexibility index (Phi) is 5.40. The van der Waals surface area contributed by atoms with Gasteiger partial charge in [-0.2, -0.15) is 15.0 Å². The van der Waals surface area contributed by atoms with Crippen LogP contribution in [0.4, 0.5) is 11.9 Å². The number of aromatic nitrogens is 4. The molecule has 0 aliphatic heterocycles. The smallest absolute Gasteiger partial charge is 0.229 e. The molecule has 0 saturated heterocycles. The maximum Gasteiger partial charge on any atom is 0.229 e. The van der Waals surface area contributed by atoms with E-state index in [0.29, 0.717) is 40.0 Å². The first kappa shape index (κ1) is 17.5. The number of oxazole rings is 1. The first-order valence-electron chi connectivity index (χ1n) is 7.47. The number of nitrogens with two attached hydrogens (primary N) is 1. The van der Waals surface area contributed by atoms with Crippen LogP contribution in [0.25, 0.3) is 11.3 Å². The Morgan fingerprint density at radius 1 is 1.12 bits per heavy atom. The number of thioether (sulfide) groups is 1. The van der Waals surface area contributed by atoms with Crippen molar-refractivity contribution in [2.75, 3.05) is 24.7 Å². The van der Waals surface area contributed by atoms with Gasteiger partial charge in [0.1, 0.15) is 5.82 Å². The number of halogens is 1. The second-order valence-electron chi connectivity index (χ2n) is 5.42. The van der Waals surface area contributed by atoms with Crippen molar-refractivity contribution in [3.05, 3.63) is 47.2 Å². The van der Waals surface area contributed by atoms with E-state index in [1.165, 1.54) is 0 Å². The summed E-state index contributed by atoms with van der Waals surface area (Å²) in [7, 11) is 3.72. The Labute approximate surface area is 154 Å². The molecular formula is C16H17ClN6OS. The predicted octanol–water partition coefficient (Wildman–Crippen LogP) is 3.26. The molecule has 7 nitrogen and oxygen atoms in total. The van der Waals surface area contributed by atoms with Gasteiger partial charge in [0.05, 0.1) is 17.7 Å². The van der Waals surface area contributed by atoms with Gasteiger partial charge in [-0.1, -0.05) is 11.6 Å². The quantitative estimate of drug-likeness (QED) is 0.700. The maximum atomic E-state index is 5.90. The van der Waals surface area contributed by atoms with Crippen molar-refractivity contribution in [3.63, 3.8) is 0 Å². The van der Waals surface area contributed by atoms with Crippen LogP contribution in [-0.4, -0.2) is 34.0 Å². The summed E-state index contributed by atoms with van der Waals surface area (Å²) in [5, 5.41) is 0.688. The summed E-state index contributed by atoms with van der Waals surface area (Å²) < 4.78 is 5.77. The predicted molar refractivity (Wildman–Crippen MR) is 101 cm³/mol. The fourth-order valence-electron chi connectivity index (χ4n) is 2.04. The monoisotopic (exact) mass is 376 g/mol. The standard InChI is InChI=1S/C16H17ClN6OS/c1-23(2)16-21-13(20-15(18)22-16)8-25-9-14-19-7-12(24-14)10-3-5-11(17)6-4-10/h3-7H,8-9H2,1-2H3,(H2,18,20,21,22). The molecule has 0 radical (unpaired) electrons. The van der Waals surface area contributed by atoms with Gasteiger partial charge in [-0.3, -0.25) is 0 Å². The molecule has 9 heteroatoms. The first-order valence-corrected chi connectivity index (χ1v) is 9.00. The van der Waals surface area contributed by atoms with Crippen molar-refractivity contribution >= 4 is 35.3 Å². The Morgan fingerprint density at radius 3 is 2.60 bits per heavy atom. The highest BCUT2D eigenvalue weighted by Crippen LogP contribution is 2.24. The summed E-state index contributed by atoms with van der Waals surface area (Å²) in [6.45, 7) is 0. The Balaban J connectivity index is 1.60. The number of benzene rings is 1. The second kappa shape index (κ2) is 7.71. The van der Waals surface area contributed by atoms with Crippen molar-refractivity contribution in [3.8, 4) is 11.3 Å². The highest BCUT2D eigenvalue weighted by molar-refractivity contribution is 7.97. The van der Waals surface area contributed by atoms with E-state index in [1.54, 1.807) is 22.9 Å². The average Bonchev–Trinajstić information content (AvgIpc) is 3.04. The third kappa shape index (κ3) is 4.61. The maximum absolute atomic E-state index is 5.90. The van der Waals surface area contributed by atoms with Gasteiger partial charge >= 0.3 is 0 Å². The molecule has 0 fully saturated rings. The number of anilines is 2. The SMILES string of the molecule is CN(C)c1nc(N)nc(CSCc2ncc(-c3ccc(Cl)cc3)o2)n1. The Bertz CT molecular complexity index is 852. The van der Waals surface area contributed by atoms with Gasteiger partial charge in [0.15, 0.2) is 5.76 Å². The lowest BCUT2D eigenvalue weighted by Crippen LogP contribution is -2.15. The zero-order valence-corrected chi connectivity index (χ0v) is 15.4. The number of hydrogen-bond acceptors (Lipinski definition) is 8. The zero-order valence-electron chi connectivity index (χ0n) is 13.8. The third-order valence-corrected chi connectivity index (χ3v) is 4.39. The van der Waals surface area contributed by atoms with E-state index in [4.69, 9.17) is 21.8 Å². The molecule has 0 saturated carbocycles. The molecule has 0 unspecified atom stereocenters. The summed E-state index contributed by atoms with van der Waals surface area (Å²) >= 11 is 7.49. The number of hydrogen-bond donors (Lipinski definition) is 1. The van der Waals surface area contributed by atoms with Gasteiger partial charge in [-0.15, -0.1) is 11.8 Å². The fraction of sp³-hybridized carbons (Fsp3) is 0.250. The third-order valence-electron chi connectivity index (χ3n) is 3.23. The van der Waals surface area contributed by atoms with E-state index in [-0.39, 0.29) is 5.95 Å². The van der Waals surface area contributed by atoms with E-state index in [1.807, 2.05) is 38.4 Å². The minimum atomic E-state index is 0.218. The van der Waals surface area contributed by atoms with Crippen molar-refractivity contribution in [1.29, 1.82) is 0 Å². The Morgan fingerprint density at radius 2 is 1.88 bits per heavy atom. The van der Waals surface area contributed by atoms with Gasteiger partial charge in [-0.25, -0.2) is 4.98 Å². The zero-order chi connectivity index (χ0) is 17.8. The number of rotatable bonds is 6.